The number of hydrogen-bond acceptors (Lipinski definition) is 4. The number of halogens is 1. The lowest BCUT2D eigenvalue weighted by Gasteiger charge is -2.16. The summed E-state index contributed by atoms with van der Waals surface area (Å²) in [6.07, 6.45) is 0.617. The van der Waals surface area contributed by atoms with E-state index < -0.39 is 0 Å². The SMILES string of the molecule is Cc1nc(NC(C)c2ccccc2)cc(C(=O)NCCc2ccc(F)cc2)n1. The van der Waals surface area contributed by atoms with Crippen molar-refractivity contribution < 1.29 is 9.18 Å². The lowest BCUT2D eigenvalue weighted by Crippen LogP contribution is -2.27. The van der Waals surface area contributed by atoms with Gasteiger partial charge in [-0.15, -0.1) is 0 Å². The van der Waals surface area contributed by atoms with Crippen LogP contribution in [0.25, 0.3) is 0 Å². The van der Waals surface area contributed by atoms with E-state index in [9.17, 15) is 9.18 Å². The van der Waals surface area contributed by atoms with Gasteiger partial charge in [0.2, 0.25) is 0 Å². The molecule has 1 aromatic heterocycles. The normalized spacial score (nSPS) is 11.7. The van der Waals surface area contributed by atoms with E-state index in [1.54, 1.807) is 25.1 Å². The molecular weight excluding hydrogens is 355 g/mol. The summed E-state index contributed by atoms with van der Waals surface area (Å²) in [4.78, 5) is 21.1. The van der Waals surface area contributed by atoms with Crippen LogP contribution in [0.15, 0.2) is 60.7 Å². The Morgan fingerprint density at radius 3 is 2.50 bits per heavy atom. The first kappa shape index (κ1) is 19.5. The molecule has 3 rings (SSSR count). The monoisotopic (exact) mass is 378 g/mol. The molecule has 0 saturated carbocycles. The highest BCUT2D eigenvalue weighted by molar-refractivity contribution is 5.92. The molecule has 0 spiro atoms. The summed E-state index contributed by atoms with van der Waals surface area (Å²) in [6.45, 7) is 4.24. The maximum absolute atomic E-state index is 12.9. The molecule has 1 unspecified atom stereocenters. The van der Waals surface area contributed by atoms with Gasteiger partial charge in [0.05, 0.1) is 0 Å². The lowest BCUT2D eigenvalue weighted by molar-refractivity contribution is 0.0948. The summed E-state index contributed by atoms with van der Waals surface area (Å²) in [5.41, 5.74) is 2.40. The number of hydrogen-bond donors (Lipinski definition) is 2. The number of benzene rings is 2. The van der Waals surface area contributed by atoms with Crippen LogP contribution < -0.4 is 10.6 Å². The fourth-order valence-electron chi connectivity index (χ4n) is 2.87. The van der Waals surface area contributed by atoms with Gasteiger partial charge >= 0.3 is 0 Å². The van der Waals surface area contributed by atoms with E-state index >= 15 is 0 Å². The number of carbonyl (C=O) groups excluding carboxylic acids is 1. The molecule has 0 fully saturated rings. The first-order valence-electron chi connectivity index (χ1n) is 9.21. The quantitative estimate of drug-likeness (QED) is 0.650. The zero-order valence-electron chi connectivity index (χ0n) is 15.9. The summed E-state index contributed by atoms with van der Waals surface area (Å²) in [5.74, 6) is 0.596. The fraction of sp³-hybridized carbons (Fsp3) is 0.227. The third-order valence-corrected chi connectivity index (χ3v) is 4.35. The smallest absolute Gasteiger partial charge is 0.270 e. The molecule has 0 aliphatic carbocycles. The van der Waals surface area contributed by atoms with Gasteiger partial charge in [-0.25, -0.2) is 14.4 Å². The number of aryl methyl sites for hydroxylation is 1. The molecule has 0 aliphatic heterocycles. The first-order chi connectivity index (χ1) is 13.5. The zero-order chi connectivity index (χ0) is 19.9. The summed E-state index contributed by atoms with van der Waals surface area (Å²) in [7, 11) is 0. The molecule has 28 heavy (non-hydrogen) atoms. The van der Waals surface area contributed by atoms with Crippen LogP contribution in [-0.2, 0) is 6.42 Å². The van der Waals surface area contributed by atoms with Crippen LogP contribution in [0.2, 0.25) is 0 Å². The molecule has 6 heteroatoms. The van der Waals surface area contributed by atoms with Crippen LogP contribution in [0.1, 0.15) is 40.4 Å². The molecule has 0 bridgehead atoms. The van der Waals surface area contributed by atoms with Crippen LogP contribution in [0.5, 0.6) is 0 Å². The number of nitrogens with one attached hydrogen (secondary N) is 2. The Bertz CT molecular complexity index is 929. The predicted octanol–water partition coefficient (Wildman–Crippen LogP) is 4.07. The number of amides is 1. The van der Waals surface area contributed by atoms with E-state index in [1.807, 2.05) is 37.3 Å². The van der Waals surface area contributed by atoms with Crippen LogP contribution in [-0.4, -0.2) is 22.4 Å². The largest absolute Gasteiger partial charge is 0.363 e. The van der Waals surface area contributed by atoms with Crippen molar-refractivity contribution in [3.05, 3.63) is 89.1 Å². The van der Waals surface area contributed by atoms with Gasteiger partial charge < -0.3 is 10.6 Å². The highest BCUT2D eigenvalue weighted by atomic mass is 19.1. The van der Waals surface area contributed by atoms with Crippen LogP contribution in [0.3, 0.4) is 0 Å². The topological polar surface area (TPSA) is 66.9 Å². The second-order valence-electron chi connectivity index (χ2n) is 6.59. The highest BCUT2D eigenvalue weighted by Crippen LogP contribution is 2.18. The van der Waals surface area contributed by atoms with Gasteiger partial charge in [-0.2, -0.15) is 0 Å². The second kappa shape index (κ2) is 9.08. The Morgan fingerprint density at radius 2 is 1.79 bits per heavy atom. The summed E-state index contributed by atoms with van der Waals surface area (Å²) in [6, 6.07) is 18.0. The third-order valence-electron chi connectivity index (χ3n) is 4.35. The van der Waals surface area contributed by atoms with E-state index in [1.165, 1.54) is 12.1 Å². The molecule has 3 aromatic rings. The number of anilines is 1. The Kier molecular flexibility index (Phi) is 6.32. The summed E-state index contributed by atoms with van der Waals surface area (Å²) >= 11 is 0. The third kappa shape index (κ3) is 5.36. The number of rotatable bonds is 7. The molecule has 0 radical (unpaired) electrons. The average molecular weight is 378 g/mol. The van der Waals surface area contributed by atoms with Crippen molar-refractivity contribution in [3.63, 3.8) is 0 Å². The number of aromatic nitrogens is 2. The van der Waals surface area contributed by atoms with Gasteiger partial charge in [-0.1, -0.05) is 42.5 Å². The summed E-state index contributed by atoms with van der Waals surface area (Å²) in [5, 5.41) is 6.17. The van der Waals surface area contributed by atoms with Crippen molar-refractivity contribution in [1.82, 2.24) is 15.3 Å². The maximum atomic E-state index is 12.9. The van der Waals surface area contributed by atoms with E-state index in [4.69, 9.17) is 0 Å². The maximum Gasteiger partial charge on any atom is 0.270 e. The molecule has 1 atom stereocenters. The van der Waals surface area contributed by atoms with E-state index in [-0.39, 0.29) is 17.8 Å². The van der Waals surface area contributed by atoms with Crippen molar-refractivity contribution in [2.45, 2.75) is 26.3 Å². The van der Waals surface area contributed by atoms with Gasteiger partial charge in [0.1, 0.15) is 23.2 Å². The van der Waals surface area contributed by atoms with Gasteiger partial charge in [0.15, 0.2) is 0 Å². The molecule has 1 heterocycles. The fourth-order valence-corrected chi connectivity index (χ4v) is 2.87. The predicted molar refractivity (Wildman–Crippen MR) is 108 cm³/mol. The van der Waals surface area contributed by atoms with Gasteiger partial charge in [-0.05, 0) is 43.5 Å². The minimum atomic E-state index is -0.269. The first-order valence-corrected chi connectivity index (χ1v) is 9.21. The Labute approximate surface area is 164 Å². The van der Waals surface area contributed by atoms with Crippen LogP contribution in [0, 0.1) is 12.7 Å². The molecule has 5 nitrogen and oxygen atoms in total. The molecule has 2 N–H and O–H groups in total. The second-order valence-corrected chi connectivity index (χ2v) is 6.59. The molecular formula is C22H23FN4O. The molecule has 144 valence electrons. The van der Waals surface area contributed by atoms with Crippen molar-refractivity contribution >= 4 is 11.7 Å². The van der Waals surface area contributed by atoms with Crippen molar-refractivity contribution in [3.8, 4) is 0 Å². The van der Waals surface area contributed by atoms with Crippen molar-refractivity contribution in [2.75, 3.05) is 11.9 Å². The standard InChI is InChI=1S/C22H23FN4O/c1-15(18-6-4-3-5-7-18)25-21-14-20(26-16(2)27-21)22(28)24-13-12-17-8-10-19(23)11-9-17/h3-11,14-15H,12-13H2,1-2H3,(H,24,28)(H,25,26,27). The summed E-state index contributed by atoms with van der Waals surface area (Å²) < 4.78 is 12.9. The van der Waals surface area contributed by atoms with Crippen LogP contribution >= 0.6 is 0 Å². The van der Waals surface area contributed by atoms with Crippen molar-refractivity contribution in [1.29, 1.82) is 0 Å². The zero-order valence-corrected chi connectivity index (χ0v) is 15.9. The van der Waals surface area contributed by atoms with Gasteiger partial charge in [-0.3, -0.25) is 4.79 Å². The molecule has 2 aromatic carbocycles. The Hall–Kier alpha value is -3.28. The minimum absolute atomic E-state index is 0.0462. The van der Waals surface area contributed by atoms with Crippen LogP contribution in [0.4, 0.5) is 10.2 Å². The number of nitrogens with zero attached hydrogens (tertiary/aromatic N) is 2. The van der Waals surface area contributed by atoms with Crippen molar-refractivity contribution in [2.24, 2.45) is 0 Å². The number of carbonyl (C=O) groups is 1. The average Bonchev–Trinajstić information content (AvgIpc) is 2.69. The van der Waals surface area contributed by atoms with E-state index in [2.05, 4.69) is 20.6 Å². The molecule has 0 aliphatic rings. The molecule has 0 saturated heterocycles. The lowest BCUT2D eigenvalue weighted by atomic mass is 10.1. The minimum Gasteiger partial charge on any atom is -0.363 e. The van der Waals surface area contributed by atoms with E-state index in [0.29, 0.717) is 30.3 Å². The Balaban J connectivity index is 1.61. The molecule has 1 amide bonds. The van der Waals surface area contributed by atoms with Gasteiger partial charge in [0.25, 0.3) is 5.91 Å². The van der Waals surface area contributed by atoms with E-state index in [0.717, 1.165) is 11.1 Å². The highest BCUT2D eigenvalue weighted by Gasteiger charge is 2.12. The Morgan fingerprint density at radius 1 is 1.07 bits per heavy atom. The van der Waals surface area contributed by atoms with Gasteiger partial charge in [0, 0.05) is 18.7 Å².